The van der Waals surface area contributed by atoms with Gasteiger partial charge >= 0.3 is 6.18 Å². The van der Waals surface area contributed by atoms with Crippen LogP contribution < -0.4 is 5.73 Å². The molecule has 0 bridgehead atoms. The number of aromatic nitrogens is 1. The van der Waals surface area contributed by atoms with E-state index in [4.69, 9.17) is 5.73 Å². The van der Waals surface area contributed by atoms with E-state index < -0.39 is 12.6 Å². The molecule has 0 aliphatic heterocycles. The third-order valence-electron chi connectivity index (χ3n) is 2.22. The van der Waals surface area contributed by atoms with Crippen LogP contribution >= 0.6 is 0 Å². The number of nitrogen functional groups attached to an aromatic ring is 1. The second kappa shape index (κ2) is 3.18. The normalized spacial score (nSPS) is 12.2. The molecule has 1 heterocycles. The van der Waals surface area contributed by atoms with E-state index in [0.29, 0.717) is 10.9 Å². The van der Waals surface area contributed by atoms with Crippen LogP contribution in [0.1, 0.15) is 5.56 Å². The van der Waals surface area contributed by atoms with Gasteiger partial charge in [0.25, 0.3) is 0 Å². The second-order valence-electron chi connectivity index (χ2n) is 3.35. The fourth-order valence-corrected chi connectivity index (χ4v) is 1.61. The number of alkyl halides is 3. The minimum atomic E-state index is -4.24. The van der Waals surface area contributed by atoms with Gasteiger partial charge in [-0.05, 0) is 6.07 Å². The summed E-state index contributed by atoms with van der Waals surface area (Å²) >= 11 is 0. The smallest absolute Gasteiger partial charge is 0.385 e. The van der Waals surface area contributed by atoms with Crippen LogP contribution in [0, 0.1) is 0 Å². The Morgan fingerprint density at radius 3 is 2.53 bits per heavy atom. The highest BCUT2D eigenvalue weighted by Gasteiger charge is 2.30. The van der Waals surface area contributed by atoms with Crippen molar-refractivity contribution in [1.82, 2.24) is 4.98 Å². The molecular formula is C10H9F3N2. The van der Waals surface area contributed by atoms with Gasteiger partial charge in [0, 0.05) is 16.5 Å². The molecule has 0 aliphatic carbocycles. The molecular weight excluding hydrogens is 205 g/mol. The van der Waals surface area contributed by atoms with Gasteiger partial charge in [0.15, 0.2) is 0 Å². The number of benzene rings is 1. The number of fused-ring (bicyclic) bond motifs is 1. The highest BCUT2D eigenvalue weighted by molar-refractivity contribution is 5.88. The first-order valence-corrected chi connectivity index (χ1v) is 4.39. The van der Waals surface area contributed by atoms with Crippen LogP contribution in [0.15, 0.2) is 24.3 Å². The summed E-state index contributed by atoms with van der Waals surface area (Å²) in [6.07, 6.45) is -5.23. The standard InChI is InChI=1S/C10H9F3N2/c11-10(12,13)5-7-6-3-1-2-4-8(6)15-9(7)14/h1-4,15H,5,14H2. The Hall–Kier alpha value is -1.65. The summed E-state index contributed by atoms with van der Waals surface area (Å²) in [5, 5.41) is 0.535. The molecule has 0 unspecified atom stereocenters. The molecule has 0 radical (unpaired) electrons. The predicted molar refractivity (Wildman–Crippen MR) is 52.5 cm³/mol. The Balaban J connectivity index is 2.54. The molecule has 15 heavy (non-hydrogen) atoms. The van der Waals surface area contributed by atoms with E-state index in [1.54, 1.807) is 24.3 Å². The number of nitrogens with one attached hydrogen (secondary N) is 1. The van der Waals surface area contributed by atoms with Crippen molar-refractivity contribution in [3.8, 4) is 0 Å². The van der Waals surface area contributed by atoms with Crippen LogP contribution in [-0.2, 0) is 6.42 Å². The van der Waals surface area contributed by atoms with E-state index in [2.05, 4.69) is 4.98 Å². The number of nitrogens with two attached hydrogens (primary N) is 1. The molecule has 0 saturated heterocycles. The highest BCUT2D eigenvalue weighted by Crippen LogP contribution is 2.30. The van der Waals surface area contributed by atoms with Crippen molar-refractivity contribution in [2.24, 2.45) is 0 Å². The summed E-state index contributed by atoms with van der Waals surface area (Å²) in [7, 11) is 0. The zero-order chi connectivity index (χ0) is 11.1. The molecule has 2 rings (SSSR count). The minimum absolute atomic E-state index is 0.0912. The van der Waals surface area contributed by atoms with Crippen LogP contribution in [-0.4, -0.2) is 11.2 Å². The summed E-state index contributed by atoms with van der Waals surface area (Å²) in [6, 6.07) is 6.76. The average molecular weight is 214 g/mol. The summed E-state index contributed by atoms with van der Waals surface area (Å²) in [5.74, 6) is 0.0912. The molecule has 0 atom stereocenters. The van der Waals surface area contributed by atoms with Crippen LogP contribution in [0.5, 0.6) is 0 Å². The fourth-order valence-electron chi connectivity index (χ4n) is 1.61. The lowest BCUT2D eigenvalue weighted by Crippen LogP contribution is -2.12. The van der Waals surface area contributed by atoms with Crippen LogP contribution in [0.4, 0.5) is 19.0 Å². The maximum absolute atomic E-state index is 12.3. The largest absolute Gasteiger partial charge is 0.393 e. The number of anilines is 1. The SMILES string of the molecule is Nc1[nH]c2ccccc2c1CC(F)(F)F. The van der Waals surface area contributed by atoms with Gasteiger partial charge in [-0.25, -0.2) is 0 Å². The molecule has 80 valence electrons. The summed E-state index contributed by atoms with van der Waals surface area (Å²) < 4.78 is 36.8. The van der Waals surface area contributed by atoms with Gasteiger partial charge in [-0.2, -0.15) is 13.2 Å². The number of H-pyrrole nitrogens is 1. The Morgan fingerprint density at radius 2 is 1.87 bits per heavy atom. The number of rotatable bonds is 1. The van der Waals surface area contributed by atoms with Gasteiger partial charge < -0.3 is 10.7 Å². The monoisotopic (exact) mass is 214 g/mol. The van der Waals surface area contributed by atoms with Crippen LogP contribution in [0.2, 0.25) is 0 Å². The van der Waals surface area contributed by atoms with Gasteiger partial charge in [-0.15, -0.1) is 0 Å². The maximum atomic E-state index is 12.3. The number of hydrogen-bond acceptors (Lipinski definition) is 1. The average Bonchev–Trinajstić information content (AvgIpc) is 2.41. The third kappa shape index (κ3) is 1.91. The van der Waals surface area contributed by atoms with Crippen LogP contribution in [0.25, 0.3) is 10.9 Å². The molecule has 5 heteroatoms. The summed E-state index contributed by atoms with van der Waals surface area (Å²) in [4.78, 5) is 2.73. The molecule has 1 aromatic carbocycles. The topological polar surface area (TPSA) is 41.8 Å². The van der Waals surface area contributed by atoms with Crippen molar-refractivity contribution >= 4 is 16.7 Å². The highest BCUT2D eigenvalue weighted by atomic mass is 19.4. The summed E-state index contributed by atoms with van der Waals surface area (Å²) in [6.45, 7) is 0. The second-order valence-corrected chi connectivity index (χ2v) is 3.35. The fraction of sp³-hybridized carbons (Fsp3) is 0.200. The quantitative estimate of drug-likeness (QED) is 0.753. The van der Waals surface area contributed by atoms with E-state index >= 15 is 0 Å². The van der Waals surface area contributed by atoms with Crippen molar-refractivity contribution < 1.29 is 13.2 Å². The zero-order valence-electron chi connectivity index (χ0n) is 7.73. The Kier molecular flexibility index (Phi) is 2.10. The van der Waals surface area contributed by atoms with Gasteiger partial charge in [-0.1, -0.05) is 18.2 Å². The van der Waals surface area contributed by atoms with Crippen molar-refractivity contribution in [3.05, 3.63) is 29.8 Å². The molecule has 3 N–H and O–H groups in total. The first-order valence-electron chi connectivity index (χ1n) is 4.39. The van der Waals surface area contributed by atoms with E-state index in [-0.39, 0.29) is 11.4 Å². The number of hydrogen-bond donors (Lipinski definition) is 2. The Morgan fingerprint density at radius 1 is 1.20 bits per heavy atom. The lowest BCUT2D eigenvalue weighted by molar-refractivity contribution is -0.126. The first kappa shape index (κ1) is 9.89. The molecule has 1 aromatic heterocycles. The molecule has 0 fully saturated rings. The van der Waals surface area contributed by atoms with Crippen molar-refractivity contribution in [2.45, 2.75) is 12.6 Å². The molecule has 0 spiro atoms. The van der Waals surface area contributed by atoms with E-state index in [0.717, 1.165) is 0 Å². The lowest BCUT2D eigenvalue weighted by atomic mass is 10.1. The number of para-hydroxylation sites is 1. The van der Waals surface area contributed by atoms with Gasteiger partial charge in [0.2, 0.25) is 0 Å². The van der Waals surface area contributed by atoms with Crippen molar-refractivity contribution in [3.63, 3.8) is 0 Å². The molecule has 0 amide bonds. The number of halogens is 3. The molecule has 2 aromatic rings. The van der Waals surface area contributed by atoms with Gasteiger partial charge in [0.1, 0.15) is 5.82 Å². The predicted octanol–water partition coefficient (Wildman–Crippen LogP) is 2.85. The van der Waals surface area contributed by atoms with Crippen molar-refractivity contribution in [2.75, 3.05) is 5.73 Å². The summed E-state index contributed by atoms with van der Waals surface area (Å²) in [5.41, 5.74) is 6.26. The zero-order valence-corrected chi connectivity index (χ0v) is 7.73. The van der Waals surface area contributed by atoms with Crippen LogP contribution in [0.3, 0.4) is 0 Å². The van der Waals surface area contributed by atoms with E-state index in [9.17, 15) is 13.2 Å². The Labute approximate surface area is 83.9 Å². The Bertz CT molecular complexity index is 485. The molecule has 0 aliphatic rings. The molecule has 0 saturated carbocycles. The minimum Gasteiger partial charge on any atom is -0.385 e. The lowest BCUT2D eigenvalue weighted by Gasteiger charge is -2.05. The van der Waals surface area contributed by atoms with Crippen molar-refractivity contribution in [1.29, 1.82) is 0 Å². The third-order valence-corrected chi connectivity index (χ3v) is 2.22. The number of aromatic amines is 1. The van der Waals surface area contributed by atoms with E-state index in [1.165, 1.54) is 0 Å². The molecule has 2 nitrogen and oxygen atoms in total. The van der Waals surface area contributed by atoms with Gasteiger partial charge in [0.05, 0.1) is 6.42 Å². The maximum Gasteiger partial charge on any atom is 0.393 e. The van der Waals surface area contributed by atoms with Gasteiger partial charge in [-0.3, -0.25) is 0 Å². The first-order chi connectivity index (χ1) is 6.97. The van der Waals surface area contributed by atoms with E-state index in [1.807, 2.05) is 0 Å².